The lowest BCUT2D eigenvalue weighted by Crippen LogP contribution is -2.34. The summed E-state index contributed by atoms with van der Waals surface area (Å²) in [5.41, 5.74) is 0. The number of carbonyl (C=O) groups excluding carboxylic acids is 1. The van der Waals surface area contributed by atoms with Crippen LogP contribution in [0.3, 0.4) is 0 Å². The van der Waals surface area contributed by atoms with Crippen LogP contribution in [0.5, 0.6) is 0 Å². The standard InChI is InChI=1S/C10H19NO2S/c1-8(12)3-5-11(2)10(13)9-4-6-14-7-9/h8-9,12H,3-7H2,1-2H3. The summed E-state index contributed by atoms with van der Waals surface area (Å²) in [4.78, 5) is 13.5. The summed E-state index contributed by atoms with van der Waals surface area (Å²) in [6.07, 6.45) is 1.37. The van der Waals surface area contributed by atoms with E-state index in [2.05, 4.69) is 0 Å². The molecule has 0 saturated carbocycles. The Kier molecular flexibility index (Phi) is 4.75. The number of aliphatic hydroxyl groups excluding tert-OH is 1. The first-order chi connectivity index (χ1) is 6.61. The van der Waals surface area contributed by atoms with E-state index in [1.54, 1.807) is 11.8 Å². The van der Waals surface area contributed by atoms with Crippen LogP contribution in [0.25, 0.3) is 0 Å². The average molecular weight is 217 g/mol. The molecule has 1 N–H and O–H groups in total. The lowest BCUT2D eigenvalue weighted by molar-refractivity contribution is -0.133. The molecular weight excluding hydrogens is 198 g/mol. The normalized spacial score (nSPS) is 23.5. The predicted molar refractivity (Wildman–Crippen MR) is 59.4 cm³/mol. The average Bonchev–Trinajstić information content (AvgIpc) is 2.65. The summed E-state index contributed by atoms with van der Waals surface area (Å²) in [5, 5.41) is 9.11. The van der Waals surface area contributed by atoms with E-state index in [0.717, 1.165) is 17.9 Å². The van der Waals surface area contributed by atoms with Gasteiger partial charge in [0.2, 0.25) is 5.91 Å². The summed E-state index contributed by atoms with van der Waals surface area (Å²) >= 11 is 1.86. The van der Waals surface area contributed by atoms with Crippen molar-refractivity contribution in [2.45, 2.75) is 25.9 Å². The number of carbonyl (C=O) groups is 1. The highest BCUT2D eigenvalue weighted by Crippen LogP contribution is 2.24. The van der Waals surface area contributed by atoms with Gasteiger partial charge in [-0.15, -0.1) is 0 Å². The Morgan fingerprint density at radius 1 is 1.71 bits per heavy atom. The quantitative estimate of drug-likeness (QED) is 0.763. The van der Waals surface area contributed by atoms with E-state index in [1.807, 2.05) is 18.8 Å². The summed E-state index contributed by atoms with van der Waals surface area (Å²) in [7, 11) is 1.83. The number of thioether (sulfide) groups is 1. The zero-order valence-corrected chi connectivity index (χ0v) is 9.72. The van der Waals surface area contributed by atoms with Gasteiger partial charge in [0.05, 0.1) is 6.10 Å². The van der Waals surface area contributed by atoms with Gasteiger partial charge in [-0.05, 0) is 25.5 Å². The van der Waals surface area contributed by atoms with Gasteiger partial charge < -0.3 is 10.0 Å². The molecule has 3 nitrogen and oxygen atoms in total. The molecule has 2 atom stereocenters. The molecule has 0 bridgehead atoms. The second-order valence-electron chi connectivity index (χ2n) is 3.96. The van der Waals surface area contributed by atoms with Crippen LogP contribution < -0.4 is 0 Å². The fraction of sp³-hybridized carbons (Fsp3) is 0.900. The van der Waals surface area contributed by atoms with Crippen LogP contribution in [0.2, 0.25) is 0 Å². The van der Waals surface area contributed by atoms with Crippen LogP contribution in [0, 0.1) is 5.92 Å². The third kappa shape index (κ3) is 3.50. The molecule has 1 aliphatic heterocycles. The molecule has 1 rings (SSSR count). The second-order valence-corrected chi connectivity index (χ2v) is 5.11. The van der Waals surface area contributed by atoms with Crippen molar-refractivity contribution in [2.24, 2.45) is 5.92 Å². The molecule has 0 spiro atoms. The molecule has 82 valence electrons. The SMILES string of the molecule is CC(O)CCN(C)C(=O)C1CCSC1. The Balaban J connectivity index is 2.28. The van der Waals surface area contributed by atoms with Crippen molar-refractivity contribution in [3.63, 3.8) is 0 Å². The van der Waals surface area contributed by atoms with Crippen molar-refractivity contribution in [3.8, 4) is 0 Å². The molecule has 0 aromatic heterocycles. The number of hydrogen-bond donors (Lipinski definition) is 1. The van der Waals surface area contributed by atoms with Gasteiger partial charge in [-0.1, -0.05) is 0 Å². The molecule has 1 aliphatic rings. The molecular formula is C10H19NO2S. The maximum atomic E-state index is 11.8. The minimum absolute atomic E-state index is 0.221. The van der Waals surface area contributed by atoms with Gasteiger partial charge in [-0.2, -0.15) is 11.8 Å². The first-order valence-corrected chi connectivity index (χ1v) is 6.27. The highest BCUT2D eigenvalue weighted by atomic mass is 32.2. The van der Waals surface area contributed by atoms with E-state index in [9.17, 15) is 4.79 Å². The predicted octanol–water partition coefficient (Wildman–Crippen LogP) is 0.969. The van der Waals surface area contributed by atoms with Crippen LogP contribution in [0.4, 0.5) is 0 Å². The first kappa shape index (κ1) is 11.9. The van der Waals surface area contributed by atoms with Gasteiger partial charge >= 0.3 is 0 Å². The van der Waals surface area contributed by atoms with Gasteiger partial charge in [-0.25, -0.2) is 0 Å². The van der Waals surface area contributed by atoms with Crippen LogP contribution in [0.1, 0.15) is 19.8 Å². The van der Waals surface area contributed by atoms with E-state index in [-0.39, 0.29) is 17.9 Å². The largest absolute Gasteiger partial charge is 0.393 e. The topological polar surface area (TPSA) is 40.5 Å². The molecule has 0 aromatic rings. The lowest BCUT2D eigenvalue weighted by atomic mass is 10.1. The van der Waals surface area contributed by atoms with E-state index in [1.165, 1.54) is 0 Å². The highest BCUT2D eigenvalue weighted by Gasteiger charge is 2.25. The zero-order chi connectivity index (χ0) is 10.6. The fourth-order valence-corrected chi connectivity index (χ4v) is 2.74. The van der Waals surface area contributed by atoms with Crippen molar-refractivity contribution < 1.29 is 9.90 Å². The fourth-order valence-electron chi connectivity index (χ4n) is 1.53. The van der Waals surface area contributed by atoms with Crippen molar-refractivity contribution >= 4 is 17.7 Å². The van der Waals surface area contributed by atoms with Crippen LogP contribution in [-0.4, -0.2) is 47.1 Å². The van der Waals surface area contributed by atoms with Gasteiger partial charge in [0.1, 0.15) is 0 Å². The van der Waals surface area contributed by atoms with Crippen LogP contribution in [-0.2, 0) is 4.79 Å². The Labute approximate surface area is 89.9 Å². The molecule has 14 heavy (non-hydrogen) atoms. The van der Waals surface area contributed by atoms with E-state index in [4.69, 9.17) is 5.11 Å². The number of rotatable bonds is 4. The number of hydrogen-bond acceptors (Lipinski definition) is 3. The van der Waals surface area contributed by atoms with Gasteiger partial charge in [0, 0.05) is 25.3 Å². The Morgan fingerprint density at radius 2 is 2.43 bits per heavy atom. The third-order valence-corrected chi connectivity index (χ3v) is 3.70. The molecule has 1 saturated heterocycles. The smallest absolute Gasteiger partial charge is 0.226 e. The Bertz CT molecular complexity index is 191. The second kappa shape index (κ2) is 5.61. The first-order valence-electron chi connectivity index (χ1n) is 5.12. The van der Waals surface area contributed by atoms with Crippen molar-refractivity contribution in [2.75, 3.05) is 25.1 Å². The molecule has 0 aliphatic carbocycles. The minimum atomic E-state index is -0.316. The van der Waals surface area contributed by atoms with Gasteiger partial charge in [0.25, 0.3) is 0 Å². The highest BCUT2D eigenvalue weighted by molar-refractivity contribution is 7.99. The van der Waals surface area contributed by atoms with Crippen LogP contribution in [0.15, 0.2) is 0 Å². The summed E-state index contributed by atoms with van der Waals surface area (Å²) < 4.78 is 0. The lowest BCUT2D eigenvalue weighted by Gasteiger charge is -2.21. The van der Waals surface area contributed by atoms with Gasteiger partial charge in [0.15, 0.2) is 0 Å². The van der Waals surface area contributed by atoms with Crippen molar-refractivity contribution in [1.82, 2.24) is 4.90 Å². The molecule has 0 aromatic carbocycles. The molecule has 1 fully saturated rings. The van der Waals surface area contributed by atoms with Gasteiger partial charge in [-0.3, -0.25) is 4.79 Å². The zero-order valence-electron chi connectivity index (χ0n) is 8.90. The molecule has 2 unspecified atom stereocenters. The van der Waals surface area contributed by atoms with E-state index < -0.39 is 0 Å². The van der Waals surface area contributed by atoms with E-state index in [0.29, 0.717) is 13.0 Å². The van der Waals surface area contributed by atoms with Crippen LogP contribution >= 0.6 is 11.8 Å². The minimum Gasteiger partial charge on any atom is -0.393 e. The monoisotopic (exact) mass is 217 g/mol. The molecule has 1 heterocycles. The van der Waals surface area contributed by atoms with Crippen molar-refractivity contribution in [1.29, 1.82) is 0 Å². The number of nitrogens with zero attached hydrogens (tertiary/aromatic N) is 1. The number of aliphatic hydroxyl groups is 1. The summed E-state index contributed by atoms with van der Waals surface area (Å²) in [6.45, 7) is 2.42. The molecule has 1 amide bonds. The summed E-state index contributed by atoms with van der Waals surface area (Å²) in [6, 6.07) is 0. The third-order valence-electron chi connectivity index (χ3n) is 2.54. The van der Waals surface area contributed by atoms with Crippen molar-refractivity contribution in [3.05, 3.63) is 0 Å². The van der Waals surface area contributed by atoms with E-state index >= 15 is 0 Å². The molecule has 0 radical (unpaired) electrons. The maximum absolute atomic E-state index is 11.8. The maximum Gasteiger partial charge on any atom is 0.226 e. The number of amides is 1. The Morgan fingerprint density at radius 3 is 2.93 bits per heavy atom. The molecule has 4 heteroatoms. The Hall–Kier alpha value is -0.220. The summed E-state index contributed by atoms with van der Waals surface area (Å²) in [5.74, 6) is 2.55.